The number of anilines is 1. The number of carbonyl (C=O) groups excluding carboxylic acids is 1. The molecule has 0 radical (unpaired) electrons. The van der Waals surface area contributed by atoms with Gasteiger partial charge in [-0.15, -0.1) is 0 Å². The molecule has 0 bridgehead atoms. The molecule has 0 aromatic heterocycles. The lowest BCUT2D eigenvalue weighted by molar-refractivity contribution is -0.119. The lowest BCUT2D eigenvalue weighted by atomic mass is 10.1. The van der Waals surface area contributed by atoms with E-state index in [1.807, 2.05) is 0 Å². The first-order valence-corrected chi connectivity index (χ1v) is 5.40. The fraction of sp³-hybridized carbons (Fsp3) is 0.333. The average Bonchev–Trinajstić information content (AvgIpc) is 2.31. The number of nitrogens with one attached hydrogen (secondary N) is 1. The van der Waals surface area contributed by atoms with E-state index in [1.165, 1.54) is 0 Å². The van der Waals surface area contributed by atoms with E-state index >= 15 is 0 Å². The van der Waals surface area contributed by atoms with Crippen LogP contribution >= 0.6 is 0 Å². The highest BCUT2D eigenvalue weighted by Gasteiger charge is 2.18. The largest absolute Gasteiger partial charge is 0.478 e. The van der Waals surface area contributed by atoms with Crippen molar-refractivity contribution < 1.29 is 23.5 Å². The first-order chi connectivity index (χ1) is 8.36. The van der Waals surface area contributed by atoms with Gasteiger partial charge in [0, 0.05) is 12.0 Å². The van der Waals surface area contributed by atoms with Crippen LogP contribution in [0.15, 0.2) is 12.1 Å². The summed E-state index contributed by atoms with van der Waals surface area (Å²) in [6.07, 6.45) is 0.553. The summed E-state index contributed by atoms with van der Waals surface area (Å²) in [7, 11) is 0. The van der Waals surface area contributed by atoms with Crippen LogP contribution in [0.3, 0.4) is 0 Å². The predicted molar refractivity (Wildman–Crippen MR) is 61.4 cm³/mol. The molecule has 98 valence electrons. The molecule has 1 atom stereocenters. The van der Waals surface area contributed by atoms with Gasteiger partial charge in [0.1, 0.15) is 0 Å². The molecule has 0 fully saturated rings. The van der Waals surface area contributed by atoms with Crippen LogP contribution in [0.25, 0.3) is 0 Å². The number of hydrogen-bond acceptors (Lipinski definition) is 2. The molecule has 0 heterocycles. The minimum atomic E-state index is -1.44. The molecular formula is C12H13F2NO3. The zero-order valence-electron chi connectivity index (χ0n) is 9.96. The van der Waals surface area contributed by atoms with Gasteiger partial charge in [-0.25, -0.2) is 13.6 Å². The van der Waals surface area contributed by atoms with Crippen molar-refractivity contribution in [1.82, 2.24) is 0 Å². The van der Waals surface area contributed by atoms with Crippen LogP contribution in [0.2, 0.25) is 0 Å². The Morgan fingerprint density at radius 3 is 2.39 bits per heavy atom. The van der Waals surface area contributed by atoms with Crippen molar-refractivity contribution >= 4 is 17.6 Å². The molecule has 6 heteroatoms. The Kier molecular flexibility index (Phi) is 4.36. The van der Waals surface area contributed by atoms with E-state index in [9.17, 15) is 18.4 Å². The van der Waals surface area contributed by atoms with Crippen LogP contribution in [0.4, 0.5) is 14.5 Å². The quantitative estimate of drug-likeness (QED) is 0.871. The number of aromatic carboxylic acids is 1. The normalized spacial score (nSPS) is 12.0. The topological polar surface area (TPSA) is 66.4 Å². The summed E-state index contributed by atoms with van der Waals surface area (Å²) in [5.41, 5.74) is -0.725. The van der Waals surface area contributed by atoms with Gasteiger partial charge < -0.3 is 10.4 Å². The van der Waals surface area contributed by atoms with Crippen LogP contribution in [0.5, 0.6) is 0 Å². The number of hydrogen-bond donors (Lipinski definition) is 2. The minimum Gasteiger partial charge on any atom is -0.478 e. The SMILES string of the molecule is CCC(C)C(=O)Nc1cc(F)c(F)cc1C(=O)O. The minimum absolute atomic E-state index is 0.244. The van der Waals surface area contributed by atoms with Gasteiger partial charge in [-0.1, -0.05) is 13.8 Å². The molecule has 2 N–H and O–H groups in total. The standard InChI is InChI=1S/C12H13F2NO3/c1-3-6(2)11(16)15-10-5-9(14)8(13)4-7(10)12(17)18/h4-6H,3H2,1-2H3,(H,15,16)(H,17,18). The highest BCUT2D eigenvalue weighted by atomic mass is 19.2. The third-order valence-electron chi connectivity index (χ3n) is 2.61. The lowest BCUT2D eigenvalue weighted by Crippen LogP contribution is -2.21. The summed E-state index contributed by atoms with van der Waals surface area (Å²) in [5, 5.41) is 11.1. The summed E-state index contributed by atoms with van der Waals surface area (Å²) in [4.78, 5) is 22.5. The number of amides is 1. The zero-order valence-corrected chi connectivity index (χ0v) is 9.96. The Labute approximate surface area is 103 Å². The summed E-state index contributed by atoms with van der Waals surface area (Å²) in [6, 6.07) is 1.21. The third kappa shape index (κ3) is 3.03. The first kappa shape index (κ1) is 14.1. The van der Waals surface area contributed by atoms with E-state index in [2.05, 4.69) is 5.32 Å². The van der Waals surface area contributed by atoms with Crippen LogP contribution in [-0.4, -0.2) is 17.0 Å². The van der Waals surface area contributed by atoms with Gasteiger partial charge in [-0.05, 0) is 12.5 Å². The van der Waals surface area contributed by atoms with E-state index in [0.717, 1.165) is 0 Å². The molecule has 1 unspecified atom stereocenters. The number of carboxylic acid groups (broad SMARTS) is 1. The monoisotopic (exact) mass is 257 g/mol. The second kappa shape index (κ2) is 5.57. The number of carboxylic acids is 1. The Balaban J connectivity index is 3.11. The molecule has 1 rings (SSSR count). The Hall–Kier alpha value is -1.98. The van der Waals surface area contributed by atoms with Crippen LogP contribution in [0, 0.1) is 17.6 Å². The van der Waals surface area contributed by atoms with Gasteiger partial charge in [-0.2, -0.15) is 0 Å². The van der Waals surface area contributed by atoms with Gasteiger partial charge in [0.15, 0.2) is 11.6 Å². The van der Waals surface area contributed by atoms with Gasteiger partial charge >= 0.3 is 5.97 Å². The number of rotatable bonds is 4. The summed E-state index contributed by atoms with van der Waals surface area (Å²) in [6.45, 7) is 3.43. The van der Waals surface area contributed by atoms with E-state index in [1.54, 1.807) is 13.8 Å². The van der Waals surface area contributed by atoms with Gasteiger partial charge in [-0.3, -0.25) is 4.79 Å². The smallest absolute Gasteiger partial charge is 0.337 e. The molecule has 0 aliphatic carbocycles. The Bertz CT molecular complexity index is 488. The molecular weight excluding hydrogens is 244 g/mol. The maximum Gasteiger partial charge on any atom is 0.337 e. The van der Waals surface area contributed by atoms with E-state index in [-0.39, 0.29) is 11.6 Å². The third-order valence-corrected chi connectivity index (χ3v) is 2.61. The average molecular weight is 257 g/mol. The van der Waals surface area contributed by atoms with Gasteiger partial charge in [0.2, 0.25) is 5.91 Å². The number of benzene rings is 1. The van der Waals surface area contributed by atoms with Crippen molar-refractivity contribution in [1.29, 1.82) is 0 Å². The van der Waals surface area contributed by atoms with Crippen molar-refractivity contribution in [2.75, 3.05) is 5.32 Å². The summed E-state index contributed by atoms with van der Waals surface area (Å²) in [5.74, 6) is -4.70. The van der Waals surface area contributed by atoms with Crippen molar-refractivity contribution in [2.24, 2.45) is 5.92 Å². The van der Waals surface area contributed by atoms with Crippen molar-refractivity contribution in [3.8, 4) is 0 Å². The molecule has 0 aliphatic rings. The molecule has 1 aromatic rings. The molecule has 0 saturated carbocycles. The number of carbonyl (C=O) groups is 2. The summed E-state index contributed by atoms with van der Waals surface area (Å²) < 4.78 is 26.0. The molecule has 1 amide bonds. The van der Waals surface area contributed by atoms with Gasteiger partial charge in [0.25, 0.3) is 0 Å². The number of halogens is 2. The fourth-order valence-corrected chi connectivity index (χ4v) is 1.27. The molecule has 0 spiro atoms. The molecule has 0 saturated heterocycles. The maximum absolute atomic E-state index is 13.0. The van der Waals surface area contributed by atoms with Crippen LogP contribution in [-0.2, 0) is 4.79 Å². The van der Waals surface area contributed by atoms with E-state index < -0.39 is 29.1 Å². The van der Waals surface area contributed by atoms with Crippen LogP contribution in [0.1, 0.15) is 30.6 Å². The molecule has 0 aliphatic heterocycles. The molecule has 18 heavy (non-hydrogen) atoms. The second-order valence-electron chi connectivity index (χ2n) is 3.92. The first-order valence-electron chi connectivity index (χ1n) is 5.40. The van der Waals surface area contributed by atoms with Crippen molar-refractivity contribution in [3.05, 3.63) is 29.3 Å². The molecule has 4 nitrogen and oxygen atoms in total. The summed E-state index contributed by atoms with van der Waals surface area (Å²) >= 11 is 0. The fourth-order valence-electron chi connectivity index (χ4n) is 1.27. The van der Waals surface area contributed by atoms with E-state index in [4.69, 9.17) is 5.11 Å². The Morgan fingerprint density at radius 2 is 1.89 bits per heavy atom. The zero-order chi connectivity index (χ0) is 13.9. The van der Waals surface area contributed by atoms with Crippen LogP contribution < -0.4 is 5.32 Å². The van der Waals surface area contributed by atoms with Gasteiger partial charge in [0.05, 0.1) is 11.3 Å². The van der Waals surface area contributed by atoms with Crippen molar-refractivity contribution in [2.45, 2.75) is 20.3 Å². The predicted octanol–water partition coefficient (Wildman–Crippen LogP) is 2.65. The second-order valence-corrected chi connectivity index (χ2v) is 3.92. The maximum atomic E-state index is 13.0. The molecule has 1 aromatic carbocycles. The Morgan fingerprint density at radius 1 is 1.33 bits per heavy atom. The highest BCUT2D eigenvalue weighted by molar-refractivity contribution is 6.01. The van der Waals surface area contributed by atoms with Crippen molar-refractivity contribution in [3.63, 3.8) is 0 Å². The van der Waals surface area contributed by atoms with E-state index in [0.29, 0.717) is 18.6 Å². The lowest BCUT2D eigenvalue weighted by Gasteiger charge is -2.12. The highest BCUT2D eigenvalue weighted by Crippen LogP contribution is 2.21.